The zero-order valence-electron chi connectivity index (χ0n) is 15.2. The average Bonchev–Trinajstić information content (AvgIpc) is 2.68. The fourth-order valence-corrected chi connectivity index (χ4v) is 3.15. The van der Waals surface area contributed by atoms with Gasteiger partial charge in [0.2, 0.25) is 5.91 Å². The Morgan fingerprint density at radius 2 is 1.96 bits per heavy atom. The molecule has 0 aliphatic heterocycles. The van der Waals surface area contributed by atoms with Gasteiger partial charge in [-0.05, 0) is 61.4 Å². The van der Waals surface area contributed by atoms with Crippen LogP contribution >= 0.6 is 0 Å². The van der Waals surface area contributed by atoms with E-state index in [9.17, 15) is 4.79 Å². The molecule has 1 fully saturated rings. The average molecular weight is 350 g/mol. The number of nitrogens with zero attached hydrogens (tertiary/aromatic N) is 1. The van der Waals surface area contributed by atoms with E-state index in [0.29, 0.717) is 12.6 Å². The molecular formula is C22H26N2O2. The lowest BCUT2D eigenvalue weighted by Gasteiger charge is -2.26. The van der Waals surface area contributed by atoms with E-state index in [1.165, 1.54) is 12.8 Å². The van der Waals surface area contributed by atoms with Crippen molar-refractivity contribution >= 4 is 12.0 Å². The van der Waals surface area contributed by atoms with Crippen molar-refractivity contribution in [3.05, 3.63) is 66.0 Å². The fourth-order valence-electron chi connectivity index (χ4n) is 3.15. The molecular weight excluding hydrogens is 324 g/mol. The minimum absolute atomic E-state index is 0.0125. The summed E-state index contributed by atoms with van der Waals surface area (Å²) < 4.78 is 5.74. The van der Waals surface area contributed by atoms with E-state index in [4.69, 9.17) is 4.74 Å². The van der Waals surface area contributed by atoms with Crippen LogP contribution in [0.5, 0.6) is 5.75 Å². The Balaban J connectivity index is 1.45. The molecule has 1 aromatic carbocycles. The van der Waals surface area contributed by atoms with Gasteiger partial charge in [0.15, 0.2) is 0 Å². The third-order valence-electron chi connectivity index (χ3n) is 4.80. The topological polar surface area (TPSA) is 51.2 Å². The Kier molecular flexibility index (Phi) is 6.42. The second kappa shape index (κ2) is 9.18. The standard InChI is InChI=1S/C22H26N2O2/c1-17-4-9-20(10-5-17)24-22(25)13-8-18-6-11-21(12-7-18)26-16-19-3-2-14-23-15-19/h2-3,6-8,11-15,17,20H,4-5,9-10,16H2,1H3,(H,24,25). The van der Waals surface area contributed by atoms with Crippen LogP contribution in [0.3, 0.4) is 0 Å². The number of rotatable bonds is 6. The molecule has 1 saturated carbocycles. The summed E-state index contributed by atoms with van der Waals surface area (Å²) >= 11 is 0. The lowest BCUT2D eigenvalue weighted by molar-refractivity contribution is -0.117. The molecule has 0 spiro atoms. The monoisotopic (exact) mass is 350 g/mol. The number of amides is 1. The predicted octanol–water partition coefficient (Wildman–Crippen LogP) is 4.37. The van der Waals surface area contributed by atoms with E-state index in [1.807, 2.05) is 42.5 Å². The minimum atomic E-state index is -0.0125. The summed E-state index contributed by atoms with van der Waals surface area (Å²) in [6.45, 7) is 2.77. The number of hydrogen-bond donors (Lipinski definition) is 1. The maximum Gasteiger partial charge on any atom is 0.244 e. The largest absolute Gasteiger partial charge is 0.489 e. The van der Waals surface area contributed by atoms with Crippen molar-refractivity contribution in [1.29, 1.82) is 0 Å². The van der Waals surface area contributed by atoms with Gasteiger partial charge in [0.25, 0.3) is 0 Å². The van der Waals surface area contributed by atoms with Gasteiger partial charge in [0, 0.05) is 30.1 Å². The van der Waals surface area contributed by atoms with Gasteiger partial charge >= 0.3 is 0 Å². The Morgan fingerprint density at radius 1 is 1.19 bits per heavy atom. The predicted molar refractivity (Wildman–Crippen MR) is 104 cm³/mol. The van der Waals surface area contributed by atoms with Crippen molar-refractivity contribution in [2.24, 2.45) is 5.92 Å². The molecule has 0 radical (unpaired) electrons. The summed E-state index contributed by atoms with van der Waals surface area (Å²) in [6.07, 6.45) is 11.6. The van der Waals surface area contributed by atoms with E-state index in [-0.39, 0.29) is 5.91 Å². The van der Waals surface area contributed by atoms with Crippen LogP contribution in [-0.4, -0.2) is 16.9 Å². The molecule has 4 heteroatoms. The van der Waals surface area contributed by atoms with Gasteiger partial charge in [-0.2, -0.15) is 0 Å². The molecule has 1 N–H and O–H groups in total. The van der Waals surface area contributed by atoms with Crippen LogP contribution in [0, 0.1) is 5.92 Å². The molecule has 0 saturated heterocycles. The van der Waals surface area contributed by atoms with Crippen LogP contribution in [0.2, 0.25) is 0 Å². The normalized spacial score (nSPS) is 20.0. The van der Waals surface area contributed by atoms with E-state index in [2.05, 4.69) is 17.2 Å². The SMILES string of the molecule is CC1CCC(NC(=O)C=Cc2ccc(OCc3cccnc3)cc2)CC1. The number of benzene rings is 1. The maximum atomic E-state index is 12.1. The van der Waals surface area contributed by atoms with Crippen molar-refractivity contribution < 1.29 is 9.53 Å². The molecule has 0 bridgehead atoms. The van der Waals surface area contributed by atoms with Crippen LogP contribution in [-0.2, 0) is 11.4 Å². The number of ether oxygens (including phenoxy) is 1. The third-order valence-corrected chi connectivity index (χ3v) is 4.80. The molecule has 1 aliphatic rings. The summed E-state index contributed by atoms with van der Waals surface area (Å²) in [5, 5.41) is 3.10. The van der Waals surface area contributed by atoms with Crippen LogP contribution in [0.4, 0.5) is 0 Å². The molecule has 2 aromatic rings. The lowest BCUT2D eigenvalue weighted by atomic mass is 9.87. The number of nitrogens with one attached hydrogen (secondary N) is 1. The summed E-state index contributed by atoms with van der Waals surface area (Å²) in [6, 6.07) is 11.9. The highest BCUT2D eigenvalue weighted by molar-refractivity contribution is 5.91. The Labute approximate surface area is 155 Å². The number of pyridine rings is 1. The second-order valence-electron chi connectivity index (χ2n) is 7.02. The van der Waals surface area contributed by atoms with Gasteiger partial charge < -0.3 is 10.1 Å². The lowest BCUT2D eigenvalue weighted by Crippen LogP contribution is -2.36. The highest BCUT2D eigenvalue weighted by Gasteiger charge is 2.18. The van der Waals surface area contributed by atoms with Gasteiger partial charge in [0.1, 0.15) is 12.4 Å². The zero-order valence-corrected chi connectivity index (χ0v) is 15.2. The Hall–Kier alpha value is -2.62. The molecule has 0 atom stereocenters. The van der Waals surface area contributed by atoms with E-state index >= 15 is 0 Å². The molecule has 1 aromatic heterocycles. The molecule has 1 amide bonds. The molecule has 3 rings (SSSR count). The van der Waals surface area contributed by atoms with Crippen LogP contribution in [0.1, 0.15) is 43.7 Å². The summed E-state index contributed by atoms with van der Waals surface area (Å²) in [4.78, 5) is 16.1. The first-order valence-electron chi connectivity index (χ1n) is 9.29. The molecule has 136 valence electrons. The van der Waals surface area contributed by atoms with Crippen LogP contribution in [0.25, 0.3) is 6.08 Å². The number of hydrogen-bond acceptors (Lipinski definition) is 3. The first-order valence-corrected chi connectivity index (χ1v) is 9.29. The molecule has 1 heterocycles. The molecule has 0 unspecified atom stereocenters. The third kappa shape index (κ3) is 5.73. The van der Waals surface area contributed by atoms with E-state index in [0.717, 1.165) is 35.6 Å². The van der Waals surface area contributed by atoms with Crippen molar-refractivity contribution in [3.63, 3.8) is 0 Å². The van der Waals surface area contributed by atoms with Gasteiger partial charge in [-0.1, -0.05) is 25.1 Å². The van der Waals surface area contributed by atoms with Gasteiger partial charge in [-0.3, -0.25) is 9.78 Å². The number of carbonyl (C=O) groups is 1. The minimum Gasteiger partial charge on any atom is -0.489 e. The van der Waals surface area contributed by atoms with Crippen molar-refractivity contribution in [1.82, 2.24) is 10.3 Å². The van der Waals surface area contributed by atoms with Crippen LogP contribution in [0.15, 0.2) is 54.9 Å². The van der Waals surface area contributed by atoms with Gasteiger partial charge in [0.05, 0.1) is 0 Å². The Morgan fingerprint density at radius 3 is 2.65 bits per heavy atom. The van der Waals surface area contributed by atoms with Gasteiger partial charge in [-0.15, -0.1) is 0 Å². The quantitative estimate of drug-likeness (QED) is 0.787. The second-order valence-corrected chi connectivity index (χ2v) is 7.02. The Bertz CT molecular complexity index is 718. The smallest absolute Gasteiger partial charge is 0.244 e. The van der Waals surface area contributed by atoms with E-state index in [1.54, 1.807) is 18.5 Å². The highest BCUT2D eigenvalue weighted by Crippen LogP contribution is 2.23. The first-order chi connectivity index (χ1) is 12.7. The summed E-state index contributed by atoms with van der Waals surface area (Å²) in [5.74, 6) is 1.57. The van der Waals surface area contributed by atoms with Crippen molar-refractivity contribution in [2.75, 3.05) is 0 Å². The number of aromatic nitrogens is 1. The fraction of sp³-hybridized carbons (Fsp3) is 0.364. The molecule has 1 aliphatic carbocycles. The highest BCUT2D eigenvalue weighted by atomic mass is 16.5. The zero-order chi connectivity index (χ0) is 18.2. The van der Waals surface area contributed by atoms with Gasteiger partial charge in [-0.25, -0.2) is 0 Å². The molecule has 4 nitrogen and oxygen atoms in total. The first kappa shape index (κ1) is 18.2. The maximum absolute atomic E-state index is 12.1. The number of carbonyl (C=O) groups excluding carboxylic acids is 1. The van der Waals surface area contributed by atoms with Crippen LogP contribution < -0.4 is 10.1 Å². The summed E-state index contributed by atoms with van der Waals surface area (Å²) in [7, 11) is 0. The molecule has 26 heavy (non-hydrogen) atoms. The van der Waals surface area contributed by atoms with E-state index < -0.39 is 0 Å². The summed E-state index contributed by atoms with van der Waals surface area (Å²) in [5.41, 5.74) is 2.01. The van der Waals surface area contributed by atoms with Crippen molar-refractivity contribution in [3.8, 4) is 5.75 Å². The van der Waals surface area contributed by atoms with Crippen molar-refractivity contribution in [2.45, 2.75) is 45.3 Å².